The van der Waals surface area contributed by atoms with Gasteiger partial charge in [0.05, 0.1) is 10.4 Å². The highest BCUT2D eigenvalue weighted by molar-refractivity contribution is 7.21. The first kappa shape index (κ1) is 17.5. The molecular formula is C18H15N7O3S. The molecule has 10 nitrogen and oxygen atoms in total. The van der Waals surface area contributed by atoms with Crippen LogP contribution < -0.4 is 4.90 Å². The first-order valence-electron chi connectivity index (χ1n) is 8.98. The van der Waals surface area contributed by atoms with Crippen LogP contribution in [0.15, 0.2) is 36.5 Å². The normalized spacial score (nSPS) is 14.6. The number of rotatable bonds is 3. The van der Waals surface area contributed by atoms with Gasteiger partial charge in [0, 0.05) is 49.9 Å². The van der Waals surface area contributed by atoms with Gasteiger partial charge in [0.2, 0.25) is 0 Å². The van der Waals surface area contributed by atoms with E-state index in [1.807, 2.05) is 12.1 Å². The van der Waals surface area contributed by atoms with Crippen molar-refractivity contribution >= 4 is 49.3 Å². The highest BCUT2D eigenvalue weighted by atomic mass is 32.1. The van der Waals surface area contributed by atoms with Gasteiger partial charge in [0.1, 0.15) is 10.3 Å². The Kier molecular flexibility index (Phi) is 4.09. The number of H-pyrrole nitrogens is 1. The lowest BCUT2D eigenvalue weighted by Crippen LogP contribution is -2.48. The maximum absolute atomic E-state index is 13.0. The maximum atomic E-state index is 13.0. The molecule has 0 unspecified atom stereocenters. The van der Waals surface area contributed by atoms with E-state index in [0.29, 0.717) is 37.1 Å². The van der Waals surface area contributed by atoms with Crippen molar-refractivity contribution in [2.24, 2.45) is 0 Å². The molecule has 3 aromatic heterocycles. The first-order chi connectivity index (χ1) is 14.1. The molecular weight excluding hydrogens is 394 g/mol. The van der Waals surface area contributed by atoms with E-state index < -0.39 is 4.92 Å². The van der Waals surface area contributed by atoms with Gasteiger partial charge in [0.25, 0.3) is 11.6 Å². The van der Waals surface area contributed by atoms with Gasteiger partial charge in [-0.05, 0) is 18.2 Å². The van der Waals surface area contributed by atoms with E-state index in [0.717, 1.165) is 15.5 Å². The number of fused-ring (bicyclic) bond motifs is 2. The van der Waals surface area contributed by atoms with Gasteiger partial charge in [0.15, 0.2) is 10.8 Å². The molecule has 1 saturated heterocycles. The summed E-state index contributed by atoms with van der Waals surface area (Å²) in [6, 6.07) is 8.14. The number of aromatic nitrogens is 4. The van der Waals surface area contributed by atoms with E-state index in [9.17, 15) is 14.9 Å². The number of nitro benzene ring substituents is 1. The lowest BCUT2D eigenvalue weighted by molar-refractivity contribution is -0.384. The summed E-state index contributed by atoms with van der Waals surface area (Å²) in [5.41, 5.74) is 1.61. The summed E-state index contributed by atoms with van der Waals surface area (Å²) in [5, 5.41) is 19.3. The molecule has 1 aliphatic heterocycles. The molecule has 0 saturated carbocycles. The smallest absolute Gasteiger partial charge is 0.275 e. The van der Waals surface area contributed by atoms with Crippen molar-refractivity contribution in [2.45, 2.75) is 0 Å². The summed E-state index contributed by atoms with van der Waals surface area (Å²) in [5.74, 6) is -0.234. The summed E-state index contributed by atoms with van der Waals surface area (Å²) in [7, 11) is 0. The van der Waals surface area contributed by atoms with E-state index in [2.05, 4.69) is 25.1 Å². The van der Waals surface area contributed by atoms with Crippen molar-refractivity contribution < 1.29 is 9.72 Å². The van der Waals surface area contributed by atoms with Gasteiger partial charge >= 0.3 is 0 Å². The molecule has 0 aliphatic carbocycles. The second kappa shape index (κ2) is 6.78. The SMILES string of the molecule is O=C(c1n[nH]c2ccc([N+](=O)[O-])cc12)N1CCN(c2nc3cccnc3s2)CC1. The van der Waals surface area contributed by atoms with Crippen LogP contribution in [0.1, 0.15) is 10.5 Å². The average molecular weight is 409 g/mol. The minimum Gasteiger partial charge on any atom is -0.344 e. The van der Waals surface area contributed by atoms with E-state index in [1.54, 1.807) is 17.2 Å². The van der Waals surface area contributed by atoms with Gasteiger partial charge in [-0.3, -0.25) is 20.0 Å². The van der Waals surface area contributed by atoms with Crippen molar-refractivity contribution in [1.82, 2.24) is 25.1 Å². The van der Waals surface area contributed by atoms with Crippen LogP contribution in [0.2, 0.25) is 0 Å². The van der Waals surface area contributed by atoms with E-state index in [1.165, 1.54) is 23.5 Å². The molecule has 0 radical (unpaired) electrons. The topological polar surface area (TPSA) is 121 Å². The molecule has 1 amide bonds. The van der Waals surface area contributed by atoms with Crippen molar-refractivity contribution in [3.63, 3.8) is 0 Å². The van der Waals surface area contributed by atoms with Crippen LogP contribution in [0.25, 0.3) is 21.3 Å². The Labute approximate surface area is 167 Å². The van der Waals surface area contributed by atoms with E-state index in [4.69, 9.17) is 0 Å². The van der Waals surface area contributed by atoms with Crippen LogP contribution in [-0.4, -0.2) is 62.1 Å². The van der Waals surface area contributed by atoms with Gasteiger partial charge in [-0.15, -0.1) is 0 Å². The summed E-state index contributed by atoms with van der Waals surface area (Å²) in [6.45, 7) is 2.33. The number of non-ortho nitro benzene ring substituents is 1. The van der Waals surface area contributed by atoms with Gasteiger partial charge in [-0.1, -0.05) is 11.3 Å². The molecule has 1 aliphatic rings. The molecule has 0 atom stereocenters. The van der Waals surface area contributed by atoms with Crippen molar-refractivity contribution in [3.8, 4) is 0 Å². The molecule has 0 bridgehead atoms. The van der Waals surface area contributed by atoms with Gasteiger partial charge < -0.3 is 9.80 Å². The van der Waals surface area contributed by atoms with Crippen LogP contribution in [-0.2, 0) is 0 Å². The van der Waals surface area contributed by atoms with Crippen molar-refractivity contribution in [2.75, 3.05) is 31.1 Å². The highest BCUT2D eigenvalue weighted by Gasteiger charge is 2.27. The quantitative estimate of drug-likeness (QED) is 0.407. The zero-order valence-electron chi connectivity index (χ0n) is 15.1. The summed E-state index contributed by atoms with van der Waals surface area (Å²) < 4.78 is 0. The number of hydrogen-bond acceptors (Lipinski definition) is 8. The Hall–Kier alpha value is -3.60. The van der Waals surface area contributed by atoms with Gasteiger partial charge in [-0.2, -0.15) is 5.10 Å². The molecule has 11 heteroatoms. The van der Waals surface area contributed by atoms with Crippen LogP contribution in [0.3, 0.4) is 0 Å². The minimum atomic E-state index is -0.480. The number of anilines is 1. The molecule has 1 fully saturated rings. The number of piperazine rings is 1. The maximum Gasteiger partial charge on any atom is 0.275 e. The number of pyridine rings is 1. The number of amides is 1. The number of nitrogens with one attached hydrogen (secondary N) is 1. The molecule has 5 rings (SSSR count). The third-order valence-corrected chi connectivity index (χ3v) is 5.99. The summed E-state index contributed by atoms with van der Waals surface area (Å²) in [6.07, 6.45) is 1.75. The van der Waals surface area contributed by atoms with Crippen LogP contribution in [0, 0.1) is 10.1 Å². The average Bonchev–Trinajstić information content (AvgIpc) is 3.37. The molecule has 1 aromatic carbocycles. The Morgan fingerprint density at radius 3 is 2.79 bits per heavy atom. The van der Waals surface area contributed by atoms with Gasteiger partial charge in [-0.25, -0.2) is 9.97 Å². The van der Waals surface area contributed by atoms with Crippen LogP contribution in [0.4, 0.5) is 10.8 Å². The molecule has 4 heterocycles. The van der Waals surface area contributed by atoms with Crippen molar-refractivity contribution in [1.29, 1.82) is 0 Å². The molecule has 1 N–H and O–H groups in total. The third-order valence-electron chi connectivity index (χ3n) is 4.95. The number of benzene rings is 1. The van der Waals surface area contributed by atoms with Crippen LogP contribution >= 0.6 is 11.3 Å². The standard InChI is InChI=1S/C18H15N7O3S/c26-17(15-12-10-11(25(27)28)3-4-13(12)21-22-15)23-6-8-24(9-7-23)18-20-14-2-1-5-19-16(14)29-18/h1-5,10H,6-9H2,(H,21,22). The van der Waals surface area contributed by atoms with Crippen LogP contribution in [0.5, 0.6) is 0 Å². The Bertz CT molecular complexity index is 1210. The second-order valence-electron chi connectivity index (χ2n) is 6.66. The lowest BCUT2D eigenvalue weighted by Gasteiger charge is -2.34. The first-order valence-corrected chi connectivity index (χ1v) is 9.80. The highest BCUT2D eigenvalue weighted by Crippen LogP contribution is 2.28. The number of thiazole rings is 1. The number of nitrogens with zero attached hydrogens (tertiary/aromatic N) is 6. The minimum absolute atomic E-state index is 0.0674. The number of hydrogen-bond donors (Lipinski definition) is 1. The number of aromatic amines is 1. The molecule has 146 valence electrons. The fourth-order valence-corrected chi connectivity index (χ4v) is 4.38. The molecule has 4 aromatic rings. The number of carbonyl (C=O) groups is 1. The second-order valence-corrected chi connectivity index (χ2v) is 7.62. The lowest BCUT2D eigenvalue weighted by atomic mass is 10.1. The largest absolute Gasteiger partial charge is 0.344 e. The van der Waals surface area contributed by atoms with Crippen molar-refractivity contribution in [3.05, 3.63) is 52.3 Å². The zero-order chi connectivity index (χ0) is 20.0. The Balaban J connectivity index is 1.34. The molecule has 29 heavy (non-hydrogen) atoms. The van der Waals surface area contributed by atoms with E-state index in [-0.39, 0.29) is 17.3 Å². The predicted molar refractivity (Wildman–Crippen MR) is 108 cm³/mol. The third kappa shape index (κ3) is 3.05. The number of carbonyl (C=O) groups excluding carboxylic acids is 1. The number of nitro groups is 1. The zero-order valence-corrected chi connectivity index (χ0v) is 15.9. The monoisotopic (exact) mass is 409 g/mol. The Morgan fingerprint density at radius 2 is 2.03 bits per heavy atom. The summed E-state index contributed by atoms with van der Waals surface area (Å²) >= 11 is 1.54. The summed E-state index contributed by atoms with van der Waals surface area (Å²) in [4.78, 5) is 37.2. The molecule has 0 spiro atoms. The fourth-order valence-electron chi connectivity index (χ4n) is 3.42. The Morgan fingerprint density at radius 1 is 1.21 bits per heavy atom. The predicted octanol–water partition coefficient (Wildman–Crippen LogP) is 2.44. The van der Waals surface area contributed by atoms with E-state index >= 15 is 0 Å². The fraction of sp³-hybridized carbons (Fsp3) is 0.222.